The Hall–Kier alpha value is -2.38. The van der Waals surface area contributed by atoms with E-state index in [0.29, 0.717) is 11.7 Å². The number of hydrogen-bond donors (Lipinski definition) is 0. The van der Waals surface area contributed by atoms with Gasteiger partial charge in [-0.2, -0.15) is 0 Å². The molecule has 5 rings (SSSR count). The average Bonchev–Trinajstić information content (AvgIpc) is 3.24. The number of Topliss-reactive ketones (excluding diaryl/α,β-unsaturated/α-hetero) is 1. The molecule has 1 aromatic carbocycles. The van der Waals surface area contributed by atoms with Gasteiger partial charge in [-0.05, 0) is 51.2 Å². The van der Waals surface area contributed by atoms with Crippen LogP contribution in [0.5, 0.6) is 0 Å². The van der Waals surface area contributed by atoms with Crippen LogP contribution in [0, 0.1) is 13.8 Å². The zero-order chi connectivity index (χ0) is 22.1. The van der Waals surface area contributed by atoms with Crippen LogP contribution < -0.4 is 0 Å². The lowest BCUT2D eigenvalue weighted by Gasteiger charge is -2.14. The molecule has 1 saturated carbocycles. The maximum atomic E-state index is 13.1. The highest BCUT2D eigenvalue weighted by Gasteiger charge is 2.31. The Bertz CT molecular complexity index is 1090. The lowest BCUT2D eigenvalue weighted by Crippen LogP contribution is -2.17. The molecule has 0 spiro atoms. The molecule has 3 heterocycles. The van der Waals surface area contributed by atoms with E-state index < -0.39 is 0 Å². The molecule has 32 heavy (non-hydrogen) atoms. The van der Waals surface area contributed by atoms with Crippen molar-refractivity contribution in [2.45, 2.75) is 69.8 Å². The smallest absolute Gasteiger partial charge is 0.191 e. The molecule has 2 aliphatic rings. The minimum Gasteiger partial charge on any atom is -0.376 e. The predicted molar refractivity (Wildman–Crippen MR) is 125 cm³/mol. The number of aryl methyl sites for hydroxylation is 1. The Balaban J connectivity index is 1.30. The van der Waals surface area contributed by atoms with Crippen molar-refractivity contribution in [3.8, 4) is 0 Å². The maximum absolute atomic E-state index is 13.1. The quantitative estimate of drug-likeness (QED) is 0.347. The number of carbonyl (C=O) groups is 1. The van der Waals surface area contributed by atoms with Gasteiger partial charge in [0.1, 0.15) is 5.82 Å². The number of rotatable bonds is 9. The fourth-order valence-corrected chi connectivity index (χ4v) is 5.36. The number of nitrogens with zero attached hydrogens (tertiary/aromatic N) is 4. The van der Waals surface area contributed by atoms with Gasteiger partial charge >= 0.3 is 0 Å². The number of hydrogen-bond acceptors (Lipinski definition) is 5. The first-order valence-corrected chi connectivity index (χ1v) is 12.5. The van der Waals surface area contributed by atoms with Crippen molar-refractivity contribution in [1.82, 2.24) is 19.3 Å². The molecule has 2 aromatic heterocycles. The van der Waals surface area contributed by atoms with E-state index in [-0.39, 0.29) is 11.9 Å². The van der Waals surface area contributed by atoms with E-state index in [2.05, 4.69) is 50.5 Å². The Morgan fingerprint density at radius 1 is 1.12 bits per heavy atom. The first-order valence-electron chi connectivity index (χ1n) is 11.5. The Kier molecular flexibility index (Phi) is 6.20. The van der Waals surface area contributed by atoms with Crippen LogP contribution in [0.1, 0.15) is 64.7 Å². The Morgan fingerprint density at radius 2 is 1.94 bits per heavy atom. The third-order valence-corrected chi connectivity index (χ3v) is 7.45. The SMILES string of the molecule is Cc1cc(C(=O)CSc2nnc(C3CC3)n2Cc2ccccc2)c(C)n1CC1CCCO1. The monoisotopic (exact) mass is 450 g/mol. The van der Waals surface area contributed by atoms with Gasteiger partial charge in [-0.1, -0.05) is 42.1 Å². The van der Waals surface area contributed by atoms with Gasteiger partial charge in [-0.15, -0.1) is 10.2 Å². The summed E-state index contributed by atoms with van der Waals surface area (Å²) in [7, 11) is 0. The summed E-state index contributed by atoms with van der Waals surface area (Å²) in [6, 6.07) is 12.4. The molecular weight excluding hydrogens is 420 g/mol. The van der Waals surface area contributed by atoms with E-state index in [1.807, 2.05) is 19.1 Å². The summed E-state index contributed by atoms with van der Waals surface area (Å²) in [5, 5.41) is 9.77. The number of ether oxygens (including phenoxy) is 1. The van der Waals surface area contributed by atoms with Gasteiger partial charge in [0.15, 0.2) is 10.9 Å². The van der Waals surface area contributed by atoms with E-state index in [1.165, 1.54) is 30.2 Å². The number of aromatic nitrogens is 4. The number of thioether (sulfide) groups is 1. The normalized spacial score (nSPS) is 18.4. The summed E-state index contributed by atoms with van der Waals surface area (Å²) in [4.78, 5) is 13.1. The Morgan fingerprint density at radius 3 is 2.66 bits per heavy atom. The van der Waals surface area contributed by atoms with Gasteiger partial charge in [0.25, 0.3) is 0 Å². The van der Waals surface area contributed by atoms with Gasteiger partial charge in [-0.25, -0.2) is 0 Å². The van der Waals surface area contributed by atoms with Crippen LogP contribution >= 0.6 is 11.8 Å². The van der Waals surface area contributed by atoms with E-state index >= 15 is 0 Å². The third kappa shape index (κ3) is 4.55. The van der Waals surface area contributed by atoms with E-state index in [9.17, 15) is 4.79 Å². The fraction of sp³-hybridized carbons (Fsp3) is 0.480. The topological polar surface area (TPSA) is 61.9 Å². The Labute approximate surface area is 193 Å². The first kappa shape index (κ1) is 21.5. The molecule has 1 atom stereocenters. The van der Waals surface area contributed by atoms with E-state index in [0.717, 1.165) is 60.5 Å². The maximum Gasteiger partial charge on any atom is 0.191 e. The van der Waals surface area contributed by atoms with Crippen molar-refractivity contribution < 1.29 is 9.53 Å². The van der Waals surface area contributed by atoms with Gasteiger partial charge in [-0.3, -0.25) is 4.79 Å². The molecule has 1 unspecified atom stereocenters. The lowest BCUT2D eigenvalue weighted by molar-refractivity contribution is 0.0957. The zero-order valence-electron chi connectivity index (χ0n) is 18.8. The molecule has 7 heteroatoms. The highest BCUT2D eigenvalue weighted by atomic mass is 32.2. The zero-order valence-corrected chi connectivity index (χ0v) is 19.6. The molecule has 6 nitrogen and oxygen atoms in total. The van der Waals surface area contributed by atoms with Crippen LogP contribution in [-0.2, 0) is 17.8 Å². The van der Waals surface area contributed by atoms with E-state index in [1.54, 1.807) is 0 Å². The summed E-state index contributed by atoms with van der Waals surface area (Å²) in [5.41, 5.74) is 4.19. The minimum atomic E-state index is 0.143. The highest BCUT2D eigenvalue weighted by molar-refractivity contribution is 7.99. The van der Waals surface area contributed by atoms with Gasteiger partial charge in [0.2, 0.25) is 0 Å². The molecular formula is C25H30N4O2S. The first-order chi connectivity index (χ1) is 15.6. The van der Waals surface area contributed by atoms with Crippen molar-refractivity contribution in [2.75, 3.05) is 12.4 Å². The molecule has 2 fully saturated rings. The largest absolute Gasteiger partial charge is 0.376 e. The lowest BCUT2D eigenvalue weighted by atomic mass is 10.2. The van der Waals surface area contributed by atoms with Crippen molar-refractivity contribution >= 4 is 17.5 Å². The van der Waals surface area contributed by atoms with Crippen LogP contribution in [0.4, 0.5) is 0 Å². The third-order valence-electron chi connectivity index (χ3n) is 6.49. The molecule has 3 aromatic rings. The second kappa shape index (κ2) is 9.24. The van der Waals surface area contributed by atoms with Crippen molar-refractivity contribution in [3.63, 3.8) is 0 Å². The van der Waals surface area contributed by atoms with Crippen molar-refractivity contribution in [3.05, 3.63) is 64.7 Å². The molecule has 168 valence electrons. The van der Waals surface area contributed by atoms with Crippen molar-refractivity contribution in [2.24, 2.45) is 0 Å². The molecule has 0 amide bonds. The number of benzene rings is 1. The van der Waals surface area contributed by atoms with Crippen LogP contribution in [0.25, 0.3) is 0 Å². The van der Waals surface area contributed by atoms with Gasteiger partial charge < -0.3 is 13.9 Å². The van der Waals surface area contributed by atoms with E-state index in [4.69, 9.17) is 4.74 Å². The summed E-state index contributed by atoms with van der Waals surface area (Å²) in [6.45, 7) is 6.53. The summed E-state index contributed by atoms with van der Waals surface area (Å²) >= 11 is 1.50. The minimum absolute atomic E-state index is 0.143. The highest BCUT2D eigenvalue weighted by Crippen LogP contribution is 2.40. The molecule has 0 bridgehead atoms. The fourth-order valence-electron chi connectivity index (χ4n) is 4.53. The average molecular weight is 451 g/mol. The van der Waals surface area contributed by atoms with Crippen LogP contribution in [-0.4, -0.2) is 43.6 Å². The molecule has 1 aliphatic heterocycles. The second-order valence-corrected chi connectivity index (χ2v) is 9.87. The van der Waals surface area contributed by atoms with Crippen LogP contribution in [0.15, 0.2) is 41.6 Å². The molecule has 0 N–H and O–H groups in total. The molecule has 1 aliphatic carbocycles. The van der Waals surface area contributed by atoms with Gasteiger partial charge in [0.05, 0.1) is 18.4 Å². The van der Waals surface area contributed by atoms with Crippen molar-refractivity contribution in [1.29, 1.82) is 0 Å². The second-order valence-electron chi connectivity index (χ2n) is 8.93. The summed E-state index contributed by atoms with van der Waals surface area (Å²) < 4.78 is 10.2. The summed E-state index contributed by atoms with van der Waals surface area (Å²) in [5.74, 6) is 2.07. The predicted octanol–water partition coefficient (Wildman–Crippen LogP) is 4.78. The molecule has 0 radical (unpaired) electrons. The van der Waals surface area contributed by atoms with Crippen LogP contribution in [0.2, 0.25) is 0 Å². The van der Waals surface area contributed by atoms with Crippen LogP contribution in [0.3, 0.4) is 0 Å². The molecule has 1 saturated heterocycles. The summed E-state index contributed by atoms with van der Waals surface area (Å²) in [6.07, 6.45) is 4.82. The number of carbonyl (C=O) groups excluding carboxylic acids is 1. The standard InChI is InChI=1S/C25H30N4O2S/c1-17-13-22(18(2)28(17)15-21-9-6-12-31-21)23(30)16-32-25-27-26-24(20-10-11-20)29(25)14-19-7-4-3-5-8-19/h3-5,7-8,13,20-21H,6,9-12,14-16H2,1-2H3. The number of ketones is 1. The van der Waals surface area contributed by atoms with Gasteiger partial charge in [0, 0.05) is 36.0 Å².